The third kappa shape index (κ3) is 9.55. The van der Waals surface area contributed by atoms with Gasteiger partial charge in [-0.05, 0) is 75.6 Å². The number of nitrogens with one attached hydrogen (secondary N) is 2. The van der Waals surface area contributed by atoms with Gasteiger partial charge in [0.05, 0.1) is 30.4 Å². The van der Waals surface area contributed by atoms with Gasteiger partial charge in [0.2, 0.25) is 0 Å². The summed E-state index contributed by atoms with van der Waals surface area (Å²) in [6.07, 6.45) is 1.86. The van der Waals surface area contributed by atoms with Crippen molar-refractivity contribution in [3.8, 4) is 5.75 Å². The number of rotatable bonds is 7. The maximum absolute atomic E-state index is 14.3. The highest BCUT2D eigenvalue weighted by Gasteiger charge is 2.31. The van der Waals surface area contributed by atoms with E-state index in [1.807, 2.05) is 50.2 Å². The van der Waals surface area contributed by atoms with E-state index in [1.165, 1.54) is 0 Å². The molecule has 4 atom stereocenters. The summed E-state index contributed by atoms with van der Waals surface area (Å²) in [5.41, 5.74) is 1.94. The maximum Gasteiger partial charge on any atom is 0.321 e. The molecule has 1 aliphatic heterocycles. The lowest BCUT2D eigenvalue weighted by Gasteiger charge is -2.35. The molecule has 46 heavy (non-hydrogen) atoms. The Labute approximate surface area is 271 Å². The van der Waals surface area contributed by atoms with E-state index < -0.39 is 6.04 Å². The Morgan fingerprint density at radius 3 is 2.37 bits per heavy atom. The van der Waals surface area contributed by atoms with Gasteiger partial charge in [0.25, 0.3) is 11.8 Å². The van der Waals surface area contributed by atoms with Crippen molar-refractivity contribution in [3.05, 3.63) is 90.0 Å². The first-order valence-corrected chi connectivity index (χ1v) is 15.9. The van der Waals surface area contributed by atoms with Gasteiger partial charge in [0, 0.05) is 49.6 Å². The number of para-hydroxylation sites is 1. The van der Waals surface area contributed by atoms with Crippen LogP contribution in [0.5, 0.6) is 5.75 Å². The third-order valence-electron chi connectivity index (χ3n) is 8.17. The van der Waals surface area contributed by atoms with Crippen molar-refractivity contribution < 1.29 is 29.0 Å². The molecule has 0 aliphatic carbocycles. The van der Waals surface area contributed by atoms with Crippen molar-refractivity contribution in [3.63, 3.8) is 0 Å². The predicted molar refractivity (Wildman–Crippen MR) is 179 cm³/mol. The van der Waals surface area contributed by atoms with Crippen LogP contribution in [0.15, 0.2) is 78.9 Å². The summed E-state index contributed by atoms with van der Waals surface area (Å²) in [5, 5.41) is 16.0. The SMILES string of the molecule is C[C@@H]1CCCCO[C@H](CN(C)C(=O)Nc2ccccc2)[C@H](C)CN([C@H](C)CO)C(=O)c2cc(NC(=O)c3ccccc3)ccc2O1. The molecule has 3 aromatic carbocycles. The van der Waals surface area contributed by atoms with Crippen molar-refractivity contribution in [1.82, 2.24) is 9.80 Å². The first kappa shape index (κ1) is 34.5. The largest absolute Gasteiger partial charge is 0.490 e. The fourth-order valence-electron chi connectivity index (χ4n) is 5.35. The summed E-state index contributed by atoms with van der Waals surface area (Å²) in [4.78, 5) is 43.4. The normalized spacial score (nSPS) is 20.0. The second-order valence-electron chi connectivity index (χ2n) is 12.0. The molecule has 1 heterocycles. The standard InChI is InChI=1S/C36H46N4O6/c1-25-22-40(26(2)24-41)35(43)31-21-30(37-34(42)28-14-7-5-8-15-28)18-19-32(31)46-27(3)13-11-12-20-45-33(25)23-39(4)36(44)38-29-16-9-6-10-17-29/h5-10,14-19,21,25-27,33,41H,11-13,20,22-24H2,1-4H3,(H,37,42)(H,38,44)/t25-,26-,27-,33-/m1/s1. The van der Waals surface area contributed by atoms with Gasteiger partial charge in [-0.15, -0.1) is 0 Å². The van der Waals surface area contributed by atoms with Crippen molar-refractivity contribution >= 4 is 29.2 Å². The second kappa shape index (κ2) is 16.8. The Hall–Kier alpha value is -4.41. The molecule has 4 amide bonds. The molecule has 0 spiro atoms. The van der Waals surface area contributed by atoms with E-state index in [2.05, 4.69) is 10.6 Å². The summed E-state index contributed by atoms with van der Waals surface area (Å²) in [6, 6.07) is 22.4. The van der Waals surface area contributed by atoms with Gasteiger partial charge >= 0.3 is 6.03 Å². The molecule has 246 valence electrons. The molecule has 0 saturated carbocycles. The average molecular weight is 631 g/mol. The molecular formula is C36H46N4O6. The number of urea groups is 1. The molecule has 3 aromatic rings. The fourth-order valence-corrected chi connectivity index (χ4v) is 5.35. The highest BCUT2D eigenvalue weighted by Crippen LogP contribution is 2.29. The van der Waals surface area contributed by atoms with Crippen LogP contribution in [-0.4, -0.2) is 84.4 Å². The van der Waals surface area contributed by atoms with Crippen LogP contribution in [-0.2, 0) is 4.74 Å². The number of hydrogen-bond donors (Lipinski definition) is 3. The Morgan fingerprint density at radius 2 is 1.67 bits per heavy atom. The van der Waals surface area contributed by atoms with Crippen molar-refractivity contribution in [2.45, 2.75) is 58.3 Å². The molecule has 0 bridgehead atoms. The van der Waals surface area contributed by atoms with E-state index in [0.29, 0.717) is 41.4 Å². The summed E-state index contributed by atoms with van der Waals surface area (Å²) in [5.74, 6) is -0.410. The van der Waals surface area contributed by atoms with Gasteiger partial charge < -0.3 is 35.0 Å². The number of benzene rings is 3. The average Bonchev–Trinajstić information content (AvgIpc) is 3.06. The minimum atomic E-state index is -0.518. The van der Waals surface area contributed by atoms with Gasteiger partial charge in [0.1, 0.15) is 5.75 Å². The number of hydrogen-bond acceptors (Lipinski definition) is 6. The lowest BCUT2D eigenvalue weighted by molar-refractivity contribution is -0.0115. The number of amides is 4. The molecule has 0 radical (unpaired) electrons. The molecule has 4 rings (SSSR count). The highest BCUT2D eigenvalue weighted by molar-refractivity contribution is 6.05. The summed E-state index contributed by atoms with van der Waals surface area (Å²) >= 11 is 0. The van der Waals surface area contributed by atoms with Crippen LogP contribution >= 0.6 is 0 Å². The van der Waals surface area contributed by atoms with Gasteiger partial charge in [-0.25, -0.2) is 4.79 Å². The van der Waals surface area contributed by atoms with Crippen LogP contribution in [0.25, 0.3) is 0 Å². The Balaban J connectivity index is 1.60. The van der Waals surface area contributed by atoms with E-state index in [4.69, 9.17) is 9.47 Å². The Kier molecular flexibility index (Phi) is 12.6. The number of likely N-dealkylation sites (N-methyl/N-ethyl adjacent to an activating group) is 1. The number of aliphatic hydroxyl groups is 1. The lowest BCUT2D eigenvalue weighted by Crippen LogP contribution is -2.48. The quantitative estimate of drug-likeness (QED) is 0.299. The first-order chi connectivity index (χ1) is 22.2. The monoisotopic (exact) mass is 630 g/mol. The van der Waals surface area contributed by atoms with Gasteiger partial charge in [-0.3, -0.25) is 9.59 Å². The number of anilines is 2. The summed E-state index contributed by atoms with van der Waals surface area (Å²) in [7, 11) is 1.72. The second-order valence-corrected chi connectivity index (χ2v) is 12.0. The van der Waals surface area contributed by atoms with E-state index >= 15 is 0 Å². The zero-order valence-electron chi connectivity index (χ0n) is 27.1. The minimum absolute atomic E-state index is 0.175. The molecule has 10 heteroatoms. The minimum Gasteiger partial charge on any atom is -0.490 e. The Morgan fingerprint density at radius 1 is 0.978 bits per heavy atom. The van der Waals surface area contributed by atoms with Gasteiger partial charge in [0.15, 0.2) is 0 Å². The van der Waals surface area contributed by atoms with Gasteiger partial charge in [-0.1, -0.05) is 43.3 Å². The highest BCUT2D eigenvalue weighted by atomic mass is 16.5. The predicted octanol–water partition coefficient (Wildman–Crippen LogP) is 5.90. The number of carbonyl (C=O) groups is 3. The van der Waals surface area contributed by atoms with Crippen LogP contribution in [0.4, 0.5) is 16.2 Å². The van der Waals surface area contributed by atoms with Gasteiger partial charge in [-0.2, -0.15) is 0 Å². The number of ether oxygens (including phenoxy) is 2. The van der Waals surface area contributed by atoms with E-state index in [0.717, 1.165) is 19.3 Å². The fraction of sp³-hybridized carbons (Fsp3) is 0.417. The molecule has 0 saturated heterocycles. The number of aliphatic hydroxyl groups excluding tert-OH is 1. The Bertz CT molecular complexity index is 1440. The van der Waals surface area contributed by atoms with Crippen LogP contribution in [0.3, 0.4) is 0 Å². The molecule has 0 aromatic heterocycles. The third-order valence-corrected chi connectivity index (χ3v) is 8.17. The van der Waals surface area contributed by atoms with Crippen molar-refractivity contribution in [1.29, 1.82) is 0 Å². The number of nitrogens with zero attached hydrogens (tertiary/aromatic N) is 2. The van der Waals surface area contributed by atoms with E-state index in [9.17, 15) is 19.5 Å². The van der Waals surface area contributed by atoms with E-state index in [-0.39, 0.29) is 49.1 Å². The molecule has 0 unspecified atom stereocenters. The summed E-state index contributed by atoms with van der Waals surface area (Å²) < 4.78 is 12.6. The molecular weight excluding hydrogens is 584 g/mol. The van der Waals surface area contributed by atoms with E-state index in [1.54, 1.807) is 66.2 Å². The molecule has 1 aliphatic rings. The lowest BCUT2D eigenvalue weighted by atomic mass is 10.0. The van der Waals surface area contributed by atoms with Crippen LogP contribution < -0.4 is 15.4 Å². The zero-order valence-corrected chi connectivity index (χ0v) is 27.1. The summed E-state index contributed by atoms with van der Waals surface area (Å²) in [6.45, 7) is 6.55. The van der Waals surface area contributed by atoms with Crippen LogP contribution in [0, 0.1) is 5.92 Å². The van der Waals surface area contributed by atoms with Crippen molar-refractivity contribution in [2.75, 3.05) is 44.0 Å². The first-order valence-electron chi connectivity index (χ1n) is 15.9. The topological polar surface area (TPSA) is 120 Å². The molecule has 0 fully saturated rings. The maximum atomic E-state index is 14.3. The van der Waals surface area contributed by atoms with Crippen LogP contribution in [0.1, 0.15) is 60.7 Å². The van der Waals surface area contributed by atoms with Crippen molar-refractivity contribution in [2.24, 2.45) is 5.92 Å². The zero-order chi connectivity index (χ0) is 33.1. The smallest absolute Gasteiger partial charge is 0.321 e. The number of carbonyl (C=O) groups excluding carboxylic acids is 3. The molecule has 10 nitrogen and oxygen atoms in total. The number of fused-ring (bicyclic) bond motifs is 1. The van der Waals surface area contributed by atoms with Crippen LogP contribution in [0.2, 0.25) is 0 Å². The molecule has 3 N–H and O–H groups in total.